The Kier molecular flexibility index (Phi) is 5.83. The highest BCUT2D eigenvalue weighted by Crippen LogP contribution is 2.55. The molecule has 0 radical (unpaired) electrons. The Labute approximate surface area is 196 Å². The number of nitrogens with zero attached hydrogens (tertiary/aromatic N) is 1. The van der Waals surface area contributed by atoms with Crippen molar-refractivity contribution in [2.75, 3.05) is 31.0 Å². The van der Waals surface area contributed by atoms with Gasteiger partial charge in [-0.3, -0.25) is 9.62 Å². The molecule has 0 aromatic heterocycles. The molecule has 8 nitrogen and oxygen atoms in total. The van der Waals surface area contributed by atoms with Crippen LogP contribution in [0, 0.1) is 11.7 Å². The number of carbonyl (C=O) groups is 1. The summed E-state index contributed by atoms with van der Waals surface area (Å²) in [4.78, 5) is 13.9. The van der Waals surface area contributed by atoms with Crippen LogP contribution < -0.4 is 9.46 Å². The number of aliphatic hydroxyl groups excluding tert-OH is 1. The number of benzene rings is 2. The smallest absolute Gasteiger partial charge is 0.341 e. The van der Waals surface area contributed by atoms with E-state index in [-0.39, 0.29) is 39.5 Å². The van der Waals surface area contributed by atoms with E-state index in [0.717, 1.165) is 36.7 Å². The first-order valence-electron chi connectivity index (χ1n) is 11.2. The van der Waals surface area contributed by atoms with E-state index in [1.807, 2.05) is 4.90 Å². The molecule has 2 heterocycles. The average Bonchev–Trinajstić information content (AvgIpc) is 3.46. The number of hydrogen-bond donors (Lipinski definition) is 3. The van der Waals surface area contributed by atoms with Gasteiger partial charge in [-0.1, -0.05) is 18.2 Å². The number of carboxylic acid groups (broad SMARTS) is 1. The normalized spacial score (nSPS) is 23.9. The van der Waals surface area contributed by atoms with Crippen molar-refractivity contribution in [1.29, 1.82) is 0 Å². The fraction of sp³-hybridized carbons (Fsp3) is 0.375. The molecular formula is C24H25FN2O6S. The second-order valence-corrected chi connectivity index (χ2v) is 10.7. The molecule has 3 aliphatic rings. The number of halogens is 1. The Bertz CT molecular complexity index is 1280. The Morgan fingerprint density at radius 3 is 2.85 bits per heavy atom. The molecule has 3 N–H and O–H groups in total. The predicted octanol–water partition coefficient (Wildman–Crippen LogP) is 2.90. The lowest BCUT2D eigenvalue weighted by atomic mass is 10.0. The van der Waals surface area contributed by atoms with E-state index < -0.39 is 21.8 Å². The molecule has 2 aromatic rings. The van der Waals surface area contributed by atoms with Crippen LogP contribution in [0.4, 0.5) is 10.1 Å². The quantitative estimate of drug-likeness (QED) is 0.549. The molecule has 3 atom stereocenters. The third-order valence-electron chi connectivity index (χ3n) is 6.58. The molecule has 0 bridgehead atoms. The van der Waals surface area contributed by atoms with Crippen molar-refractivity contribution in [3.05, 3.63) is 58.9 Å². The van der Waals surface area contributed by atoms with Gasteiger partial charge in [0.05, 0.1) is 23.3 Å². The first-order valence-corrected chi connectivity index (χ1v) is 12.6. The lowest BCUT2D eigenvalue weighted by molar-refractivity contribution is 0.0692. The minimum absolute atomic E-state index is 0.101. The highest BCUT2D eigenvalue weighted by Gasteiger charge is 2.45. The van der Waals surface area contributed by atoms with Crippen LogP contribution in [-0.2, 0) is 10.0 Å². The summed E-state index contributed by atoms with van der Waals surface area (Å²) >= 11 is 0. The number of likely N-dealkylation sites (tertiary alicyclic amines) is 1. The average molecular weight is 489 g/mol. The van der Waals surface area contributed by atoms with E-state index in [0.29, 0.717) is 32.0 Å². The fourth-order valence-corrected chi connectivity index (χ4v) is 6.00. The number of ether oxygens (including phenoxy) is 1. The zero-order valence-electron chi connectivity index (χ0n) is 18.3. The van der Waals surface area contributed by atoms with Crippen molar-refractivity contribution in [3.63, 3.8) is 0 Å². The van der Waals surface area contributed by atoms with Crippen molar-refractivity contribution in [1.82, 2.24) is 4.90 Å². The summed E-state index contributed by atoms with van der Waals surface area (Å²) in [6.07, 6.45) is 4.46. The van der Waals surface area contributed by atoms with Gasteiger partial charge in [0.15, 0.2) is 0 Å². The van der Waals surface area contributed by atoms with Crippen LogP contribution in [-0.4, -0.2) is 61.8 Å². The van der Waals surface area contributed by atoms with Gasteiger partial charge in [-0.2, -0.15) is 0 Å². The molecule has 1 saturated heterocycles. The number of fused-ring (bicyclic) bond motifs is 3. The van der Waals surface area contributed by atoms with Gasteiger partial charge in [0, 0.05) is 25.6 Å². The van der Waals surface area contributed by atoms with Crippen molar-refractivity contribution in [3.8, 4) is 5.75 Å². The van der Waals surface area contributed by atoms with Crippen molar-refractivity contribution >= 4 is 27.8 Å². The molecular weight excluding hydrogens is 463 g/mol. The number of aromatic carboxylic acids is 1. The fourth-order valence-electron chi connectivity index (χ4n) is 4.75. The molecule has 34 heavy (non-hydrogen) atoms. The second kappa shape index (κ2) is 8.68. The molecule has 0 spiro atoms. The Morgan fingerprint density at radius 2 is 2.12 bits per heavy atom. The summed E-state index contributed by atoms with van der Waals surface area (Å²) in [5.41, 5.74) is 0.599. The molecule has 1 saturated carbocycles. The van der Waals surface area contributed by atoms with Crippen LogP contribution in [0.3, 0.4) is 0 Å². The molecule has 2 aliphatic heterocycles. The van der Waals surface area contributed by atoms with Crippen LogP contribution in [0.25, 0.3) is 6.08 Å². The number of rotatable bonds is 7. The van der Waals surface area contributed by atoms with Crippen LogP contribution in [0.5, 0.6) is 5.75 Å². The van der Waals surface area contributed by atoms with Gasteiger partial charge in [0.1, 0.15) is 17.1 Å². The summed E-state index contributed by atoms with van der Waals surface area (Å²) in [7, 11) is -4.25. The minimum atomic E-state index is -4.25. The van der Waals surface area contributed by atoms with Crippen LogP contribution in [0.15, 0.2) is 41.3 Å². The van der Waals surface area contributed by atoms with Crippen LogP contribution >= 0.6 is 0 Å². The van der Waals surface area contributed by atoms with Crippen LogP contribution in [0.2, 0.25) is 0 Å². The largest absolute Gasteiger partial charge is 0.492 e. The number of hydrogen-bond acceptors (Lipinski definition) is 6. The molecule has 1 aliphatic carbocycles. The van der Waals surface area contributed by atoms with Gasteiger partial charge in [-0.25, -0.2) is 17.6 Å². The van der Waals surface area contributed by atoms with Gasteiger partial charge in [-0.15, -0.1) is 0 Å². The number of sulfonamides is 1. The monoisotopic (exact) mass is 488 g/mol. The SMILES string of the molecule is O=C(O)c1c(NS(=O)(=O)c2ccc(F)cc2/C=C\CN2CC[C@@H](O)C2)ccc2c1OC[C@@H]1C[C@H]21. The zero-order chi connectivity index (χ0) is 24.0. The summed E-state index contributed by atoms with van der Waals surface area (Å²) in [6.45, 7) is 2.14. The first-order chi connectivity index (χ1) is 16.2. The summed E-state index contributed by atoms with van der Waals surface area (Å²) in [5, 5.41) is 19.5. The minimum Gasteiger partial charge on any atom is -0.492 e. The molecule has 2 fully saturated rings. The number of β-amino-alcohol motifs (C(OH)–C–C–N with tert-alkyl or cyclic N) is 1. The predicted molar refractivity (Wildman–Crippen MR) is 123 cm³/mol. The van der Waals surface area contributed by atoms with Crippen LogP contribution in [0.1, 0.15) is 40.2 Å². The maximum absolute atomic E-state index is 14.0. The van der Waals surface area contributed by atoms with Crippen molar-refractivity contribution in [2.45, 2.75) is 29.8 Å². The van der Waals surface area contributed by atoms with Gasteiger partial charge in [-0.05, 0) is 54.2 Å². The summed E-state index contributed by atoms with van der Waals surface area (Å²) in [5.74, 6) is -1.05. The Balaban J connectivity index is 1.44. The highest BCUT2D eigenvalue weighted by atomic mass is 32.2. The zero-order valence-corrected chi connectivity index (χ0v) is 19.1. The maximum Gasteiger partial charge on any atom is 0.341 e. The molecule has 2 aromatic carbocycles. The van der Waals surface area contributed by atoms with Crippen molar-refractivity contribution in [2.24, 2.45) is 5.92 Å². The first kappa shape index (κ1) is 22.8. The van der Waals surface area contributed by atoms with Gasteiger partial charge < -0.3 is 14.9 Å². The second-order valence-electron chi connectivity index (χ2n) is 9.02. The standard InChI is InChI=1S/C24H25FN2O6S/c25-16-3-6-21(14(10-16)2-1-8-27-9-7-17(28)12-27)34(31,32)26-20-5-4-18-19-11-15(19)13-33-23(18)22(20)24(29)30/h1-6,10,15,17,19,26,28H,7-9,11-13H2,(H,29,30)/b2-1-/t15-,17+,19-/m0/s1. The Hall–Kier alpha value is -2.95. The molecule has 0 amide bonds. The number of carboxylic acids is 1. The Morgan fingerprint density at radius 1 is 1.29 bits per heavy atom. The van der Waals surface area contributed by atoms with Gasteiger partial charge in [0.25, 0.3) is 10.0 Å². The summed E-state index contributed by atoms with van der Waals surface area (Å²) in [6, 6.07) is 6.47. The van der Waals surface area contributed by atoms with E-state index >= 15 is 0 Å². The summed E-state index contributed by atoms with van der Waals surface area (Å²) < 4.78 is 48.5. The molecule has 180 valence electrons. The molecule has 10 heteroatoms. The van der Waals surface area contributed by atoms with E-state index in [1.165, 1.54) is 12.1 Å². The third kappa shape index (κ3) is 4.40. The van der Waals surface area contributed by atoms with E-state index in [9.17, 15) is 27.8 Å². The lowest BCUT2D eigenvalue weighted by Crippen LogP contribution is -2.22. The topological polar surface area (TPSA) is 116 Å². The van der Waals surface area contributed by atoms with Gasteiger partial charge in [0.2, 0.25) is 0 Å². The third-order valence-corrected chi connectivity index (χ3v) is 8.02. The van der Waals surface area contributed by atoms with Gasteiger partial charge >= 0.3 is 5.97 Å². The van der Waals surface area contributed by atoms with Crippen molar-refractivity contribution < 1.29 is 32.6 Å². The number of nitrogens with one attached hydrogen (secondary N) is 1. The highest BCUT2D eigenvalue weighted by molar-refractivity contribution is 7.92. The maximum atomic E-state index is 14.0. The lowest BCUT2D eigenvalue weighted by Gasteiger charge is -2.21. The number of anilines is 1. The van der Waals surface area contributed by atoms with E-state index in [2.05, 4.69) is 4.72 Å². The van der Waals surface area contributed by atoms with E-state index in [1.54, 1.807) is 12.1 Å². The number of aliphatic hydroxyl groups is 1. The van der Waals surface area contributed by atoms with E-state index in [4.69, 9.17) is 4.74 Å². The molecule has 5 rings (SSSR count). The molecule has 0 unspecified atom stereocenters.